The van der Waals surface area contributed by atoms with E-state index in [1.807, 2.05) is 29.6 Å². The Morgan fingerprint density at radius 1 is 1.15 bits per heavy atom. The Labute approximate surface area is 203 Å². The van der Waals surface area contributed by atoms with Gasteiger partial charge in [0.2, 0.25) is 10.0 Å². The molecule has 34 heavy (non-hydrogen) atoms. The molecule has 1 fully saturated rings. The van der Waals surface area contributed by atoms with Gasteiger partial charge in [-0.2, -0.15) is 4.31 Å². The second-order valence-corrected chi connectivity index (χ2v) is 10.6. The van der Waals surface area contributed by atoms with Crippen LogP contribution in [0.25, 0.3) is 11.3 Å². The minimum absolute atomic E-state index is 0.236. The van der Waals surface area contributed by atoms with E-state index in [2.05, 4.69) is 17.2 Å². The van der Waals surface area contributed by atoms with Crippen LogP contribution in [0.1, 0.15) is 19.4 Å². The number of nitrogens with one attached hydrogen (secondary N) is 1. The molecule has 1 amide bonds. The van der Waals surface area contributed by atoms with E-state index in [4.69, 9.17) is 9.47 Å². The molecular weight excluding hydrogens is 474 g/mol. The van der Waals surface area contributed by atoms with Gasteiger partial charge in [0.1, 0.15) is 5.75 Å². The summed E-state index contributed by atoms with van der Waals surface area (Å²) in [5, 5.41) is 5.04. The molecule has 1 aromatic heterocycles. The van der Waals surface area contributed by atoms with Crippen LogP contribution in [0.5, 0.6) is 5.75 Å². The maximum atomic E-state index is 12.8. The van der Waals surface area contributed by atoms with Crippen LogP contribution in [0.4, 0.5) is 5.13 Å². The predicted octanol–water partition coefficient (Wildman–Crippen LogP) is 3.80. The van der Waals surface area contributed by atoms with Gasteiger partial charge in [-0.15, -0.1) is 11.3 Å². The number of morpholine rings is 1. The zero-order valence-electron chi connectivity index (χ0n) is 19.1. The van der Waals surface area contributed by atoms with Crippen molar-refractivity contribution in [1.82, 2.24) is 9.29 Å². The van der Waals surface area contributed by atoms with Crippen LogP contribution in [0.15, 0.2) is 58.8 Å². The zero-order chi connectivity index (χ0) is 24.1. The Kier molecular flexibility index (Phi) is 7.62. The number of rotatable bonds is 8. The van der Waals surface area contributed by atoms with Crippen molar-refractivity contribution < 1.29 is 22.7 Å². The topological polar surface area (TPSA) is 97.8 Å². The van der Waals surface area contributed by atoms with Crippen LogP contribution in [0, 0.1) is 0 Å². The number of ether oxygens (including phenoxy) is 2. The summed E-state index contributed by atoms with van der Waals surface area (Å²) >= 11 is 1.29. The molecule has 180 valence electrons. The molecular formula is C24H27N3O5S2. The maximum Gasteiger partial charge on any atom is 0.266 e. The number of hydrogen-bond acceptors (Lipinski definition) is 7. The predicted molar refractivity (Wildman–Crippen MR) is 132 cm³/mol. The summed E-state index contributed by atoms with van der Waals surface area (Å²) in [5.41, 5.74) is 2.61. The monoisotopic (exact) mass is 501 g/mol. The average Bonchev–Trinajstić information content (AvgIpc) is 3.33. The summed E-state index contributed by atoms with van der Waals surface area (Å²) in [6, 6.07) is 14.3. The fourth-order valence-corrected chi connectivity index (χ4v) is 5.60. The van der Waals surface area contributed by atoms with Crippen molar-refractivity contribution in [2.24, 2.45) is 0 Å². The van der Waals surface area contributed by atoms with E-state index < -0.39 is 16.1 Å². The molecule has 2 aromatic carbocycles. The molecule has 0 bridgehead atoms. The molecule has 1 aliphatic heterocycles. The molecule has 4 rings (SSSR count). The smallest absolute Gasteiger partial charge is 0.266 e. The van der Waals surface area contributed by atoms with E-state index in [0.29, 0.717) is 42.9 Å². The molecule has 0 spiro atoms. The fourth-order valence-electron chi connectivity index (χ4n) is 3.47. The number of anilines is 1. The average molecular weight is 502 g/mol. The van der Waals surface area contributed by atoms with Gasteiger partial charge in [0.15, 0.2) is 11.2 Å². The maximum absolute atomic E-state index is 12.8. The summed E-state index contributed by atoms with van der Waals surface area (Å²) in [4.78, 5) is 17.2. The third-order valence-electron chi connectivity index (χ3n) is 5.51. The lowest BCUT2D eigenvalue weighted by molar-refractivity contribution is -0.122. The molecule has 1 saturated heterocycles. The molecule has 3 aromatic rings. The van der Waals surface area contributed by atoms with Gasteiger partial charge < -0.3 is 9.47 Å². The van der Waals surface area contributed by atoms with Gasteiger partial charge >= 0.3 is 0 Å². The van der Waals surface area contributed by atoms with Gasteiger partial charge in [-0.05, 0) is 43.2 Å². The normalized spacial score (nSPS) is 15.6. The van der Waals surface area contributed by atoms with Crippen molar-refractivity contribution in [1.29, 1.82) is 0 Å². The van der Waals surface area contributed by atoms with Crippen LogP contribution in [-0.4, -0.2) is 56.0 Å². The minimum atomic E-state index is -3.55. The molecule has 1 atom stereocenters. The Bertz CT molecular complexity index is 1220. The van der Waals surface area contributed by atoms with E-state index in [1.54, 1.807) is 31.2 Å². The number of sulfonamides is 1. The number of benzene rings is 2. The van der Waals surface area contributed by atoms with Gasteiger partial charge in [0.05, 0.1) is 23.8 Å². The first-order valence-electron chi connectivity index (χ1n) is 11.1. The van der Waals surface area contributed by atoms with Gasteiger partial charge in [0.25, 0.3) is 5.91 Å². The Morgan fingerprint density at radius 2 is 1.82 bits per heavy atom. The molecule has 1 N–H and O–H groups in total. The highest BCUT2D eigenvalue weighted by molar-refractivity contribution is 7.89. The van der Waals surface area contributed by atoms with Crippen molar-refractivity contribution >= 4 is 32.4 Å². The summed E-state index contributed by atoms with van der Waals surface area (Å²) in [5.74, 6) is 0.333. The van der Waals surface area contributed by atoms with Gasteiger partial charge in [-0.3, -0.25) is 10.1 Å². The number of nitrogens with zero attached hydrogens (tertiary/aromatic N) is 2. The van der Waals surface area contributed by atoms with Crippen molar-refractivity contribution in [2.45, 2.75) is 31.3 Å². The molecule has 8 nitrogen and oxygen atoms in total. The third-order valence-corrected chi connectivity index (χ3v) is 8.18. The summed E-state index contributed by atoms with van der Waals surface area (Å²) < 4.78 is 38.0. The van der Waals surface area contributed by atoms with Crippen molar-refractivity contribution in [2.75, 3.05) is 31.6 Å². The van der Waals surface area contributed by atoms with Crippen molar-refractivity contribution in [3.8, 4) is 17.0 Å². The van der Waals surface area contributed by atoms with Gasteiger partial charge in [0, 0.05) is 24.0 Å². The Balaban J connectivity index is 1.38. The first kappa shape index (κ1) is 24.3. The van der Waals surface area contributed by atoms with Crippen LogP contribution >= 0.6 is 11.3 Å². The number of aryl methyl sites for hydroxylation is 1. The highest BCUT2D eigenvalue weighted by Crippen LogP contribution is 2.27. The van der Waals surface area contributed by atoms with Crippen LogP contribution < -0.4 is 10.1 Å². The van der Waals surface area contributed by atoms with E-state index in [1.165, 1.54) is 21.2 Å². The Hall–Kier alpha value is -2.79. The second kappa shape index (κ2) is 10.6. The summed E-state index contributed by atoms with van der Waals surface area (Å²) in [6.45, 7) is 5.27. The first-order valence-corrected chi connectivity index (χ1v) is 13.4. The summed E-state index contributed by atoms with van der Waals surface area (Å²) in [7, 11) is -3.55. The largest absolute Gasteiger partial charge is 0.481 e. The zero-order valence-corrected chi connectivity index (χ0v) is 20.7. The standard InChI is InChI=1S/C24H27N3O5S2/c1-3-18-4-8-20(9-5-18)32-17(2)23(28)26-24-25-22(16-33-24)19-6-10-21(11-7-19)34(29,30)27-12-14-31-15-13-27/h4-11,16-17H,3,12-15H2,1-2H3,(H,25,26,28). The Morgan fingerprint density at radius 3 is 2.47 bits per heavy atom. The van der Waals surface area contributed by atoms with E-state index >= 15 is 0 Å². The number of carbonyl (C=O) groups is 1. The van der Waals surface area contributed by atoms with Gasteiger partial charge in [-0.25, -0.2) is 13.4 Å². The van der Waals surface area contributed by atoms with E-state index in [0.717, 1.165) is 12.0 Å². The molecule has 1 aliphatic rings. The van der Waals surface area contributed by atoms with Crippen LogP contribution in [0.3, 0.4) is 0 Å². The van der Waals surface area contributed by atoms with Gasteiger partial charge in [-0.1, -0.05) is 31.2 Å². The SMILES string of the molecule is CCc1ccc(OC(C)C(=O)Nc2nc(-c3ccc(S(=O)(=O)N4CCOCC4)cc3)cs2)cc1. The van der Waals surface area contributed by atoms with E-state index in [-0.39, 0.29) is 10.8 Å². The van der Waals surface area contributed by atoms with Crippen molar-refractivity contribution in [3.63, 3.8) is 0 Å². The molecule has 2 heterocycles. The van der Waals surface area contributed by atoms with Crippen molar-refractivity contribution in [3.05, 3.63) is 59.5 Å². The minimum Gasteiger partial charge on any atom is -0.481 e. The highest BCUT2D eigenvalue weighted by Gasteiger charge is 2.26. The quantitative estimate of drug-likeness (QED) is 0.504. The second-order valence-electron chi connectivity index (χ2n) is 7.83. The highest BCUT2D eigenvalue weighted by atomic mass is 32.2. The lowest BCUT2D eigenvalue weighted by atomic mass is 10.2. The molecule has 0 saturated carbocycles. The fraction of sp³-hybridized carbons (Fsp3) is 0.333. The molecule has 0 radical (unpaired) electrons. The third kappa shape index (κ3) is 5.64. The molecule has 0 aliphatic carbocycles. The summed E-state index contributed by atoms with van der Waals surface area (Å²) in [6.07, 6.45) is 0.249. The van der Waals surface area contributed by atoms with E-state index in [9.17, 15) is 13.2 Å². The number of hydrogen-bond donors (Lipinski definition) is 1. The lowest BCUT2D eigenvalue weighted by Gasteiger charge is -2.26. The first-order chi connectivity index (χ1) is 16.4. The number of thiazole rings is 1. The lowest BCUT2D eigenvalue weighted by Crippen LogP contribution is -2.40. The number of amides is 1. The molecule has 1 unspecified atom stereocenters. The molecule has 10 heteroatoms. The van der Waals surface area contributed by atoms with Crippen LogP contribution in [-0.2, 0) is 26.0 Å². The number of aromatic nitrogens is 1. The van der Waals surface area contributed by atoms with Crippen LogP contribution in [0.2, 0.25) is 0 Å². The number of carbonyl (C=O) groups excluding carboxylic acids is 1.